The first-order valence-electron chi connectivity index (χ1n) is 12.0. The number of rotatable bonds is 9. The number of urea groups is 1. The summed E-state index contributed by atoms with van der Waals surface area (Å²) in [4.78, 5) is 30.2. The van der Waals surface area contributed by atoms with E-state index in [1.165, 1.54) is 22.1 Å². The molecule has 3 heterocycles. The Morgan fingerprint density at radius 2 is 1.89 bits per heavy atom. The van der Waals surface area contributed by atoms with Crippen molar-refractivity contribution in [2.75, 3.05) is 18.9 Å². The van der Waals surface area contributed by atoms with Crippen molar-refractivity contribution >= 4 is 22.8 Å². The lowest BCUT2D eigenvalue weighted by Gasteiger charge is -2.19. The van der Waals surface area contributed by atoms with Crippen molar-refractivity contribution in [2.45, 2.75) is 45.6 Å². The van der Waals surface area contributed by atoms with E-state index in [0.29, 0.717) is 18.9 Å². The van der Waals surface area contributed by atoms with E-state index in [-0.39, 0.29) is 12.1 Å². The molecule has 3 aromatic heterocycles. The lowest BCUT2D eigenvalue weighted by molar-refractivity contribution is 0.221. The number of nitrogens with zero attached hydrogens (tertiary/aromatic N) is 4. The standard InChI is InChI=1S/C27H33N7O/c1-18-13-19(2)24(31-16-18)14-20-17-32-25(23-9-5-4-8-22(20)23)15-21(28)7-6-12-34(3)27(35)33-26-29-10-11-30-26/h4-5,8-11,13,16-17,21H,6-7,12,14-15,28H2,1-3H3,(H2,29,30,33,35). The summed E-state index contributed by atoms with van der Waals surface area (Å²) >= 11 is 0. The maximum atomic E-state index is 12.2. The second kappa shape index (κ2) is 11.1. The van der Waals surface area contributed by atoms with Crippen LogP contribution in [0, 0.1) is 13.8 Å². The minimum absolute atomic E-state index is 0.0423. The SMILES string of the molecule is Cc1cnc(Cc2cnc(CC(N)CCCN(C)C(=O)Nc3ncc[nH]3)c3ccccc23)c(C)c1. The van der Waals surface area contributed by atoms with Crippen LogP contribution in [0.3, 0.4) is 0 Å². The average molecular weight is 472 g/mol. The third kappa shape index (κ3) is 6.22. The predicted molar refractivity (Wildman–Crippen MR) is 139 cm³/mol. The van der Waals surface area contributed by atoms with Crippen molar-refractivity contribution in [3.63, 3.8) is 0 Å². The number of nitrogens with one attached hydrogen (secondary N) is 2. The van der Waals surface area contributed by atoms with Gasteiger partial charge in [0, 0.05) is 74.0 Å². The third-order valence-corrected chi connectivity index (χ3v) is 6.24. The largest absolute Gasteiger partial charge is 0.331 e. The molecule has 1 atom stereocenters. The molecule has 0 saturated carbocycles. The summed E-state index contributed by atoms with van der Waals surface area (Å²) in [7, 11) is 1.77. The monoisotopic (exact) mass is 471 g/mol. The van der Waals surface area contributed by atoms with Crippen LogP contribution in [0.5, 0.6) is 0 Å². The molecule has 1 unspecified atom stereocenters. The molecule has 182 valence electrons. The molecule has 2 amide bonds. The number of imidazole rings is 1. The Morgan fingerprint density at radius 3 is 2.63 bits per heavy atom. The summed E-state index contributed by atoms with van der Waals surface area (Å²) in [5.41, 5.74) is 12.1. The molecule has 0 radical (unpaired) electrons. The molecule has 0 aliphatic heterocycles. The van der Waals surface area contributed by atoms with Gasteiger partial charge in [0.05, 0.1) is 0 Å². The fraction of sp³-hybridized carbons (Fsp3) is 0.333. The van der Waals surface area contributed by atoms with Crippen molar-refractivity contribution in [1.82, 2.24) is 24.8 Å². The van der Waals surface area contributed by atoms with Crippen LogP contribution in [0.1, 0.15) is 40.9 Å². The van der Waals surface area contributed by atoms with Crippen LogP contribution in [0.4, 0.5) is 10.7 Å². The molecule has 8 nitrogen and oxygen atoms in total. The summed E-state index contributed by atoms with van der Waals surface area (Å²) in [5, 5.41) is 5.06. The number of carbonyl (C=O) groups excluding carboxylic acids is 1. The van der Waals surface area contributed by atoms with Crippen molar-refractivity contribution in [2.24, 2.45) is 5.73 Å². The predicted octanol–water partition coefficient (Wildman–Crippen LogP) is 4.37. The van der Waals surface area contributed by atoms with E-state index in [1.807, 2.05) is 18.5 Å². The second-order valence-electron chi connectivity index (χ2n) is 9.12. The van der Waals surface area contributed by atoms with E-state index in [0.717, 1.165) is 36.0 Å². The number of benzene rings is 1. The highest BCUT2D eigenvalue weighted by Gasteiger charge is 2.14. The first-order chi connectivity index (χ1) is 16.9. The van der Waals surface area contributed by atoms with E-state index in [2.05, 4.69) is 58.4 Å². The molecule has 0 bridgehead atoms. The molecule has 0 saturated heterocycles. The number of hydrogen-bond donors (Lipinski definition) is 3. The van der Waals surface area contributed by atoms with Crippen LogP contribution in [-0.4, -0.2) is 50.5 Å². The minimum atomic E-state index is -0.199. The molecule has 0 spiro atoms. The topological polar surface area (TPSA) is 113 Å². The summed E-state index contributed by atoms with van der Waals surface area (Å²) in [6.45, 7) is 4.78. The van der Waals surface area contributed by atoms with Crippen molar-refractivity contribution < 1.29 is 4.79 Å². The first-order valence-corrected chi connectivity index (χ1v) is 12.0. The lowest BCUT2D eigenvalue weighted by Crippen LogP contribution is -2.33. The van der Waals surface area contributed by atoms with Crippen LogP contribution < -0.4 is 11.1 Å². The summed E-state index contributed by atoms with van der Waals surface area (Å²) < 4.78 is 0. The highest BCUT2D eigenvalue weighted by atomic mass is 16.2. The Bertz CT molecular complexity index is 1290. The summed E-state index contributed by atoms with van der Waals surface area (Å²) in [5.74, 6) is 0.438. The van der Waals surface area contributed by atoms with Gasteiger partial charge >= 0.3 is 6.03 Å². The van der Waals surface area contributed by atoms with Gasteiger partial charge in [0.1, 0.15) is 0 Å². The molecule has 4 rings (SSSR count). The summed E-state index contributed by atoms with van der Waals surface area (Å²) in [6, 6.07) is 10.3. The van der Waals surface area contributed by atoms with Crippen molar-refractivity contribution in [3.05, 3.63) is 83.2 Å². The van der Waals surface area contributed by atoms with E-state index < -0.39 is 0 Å². The second-order valence-corrected chi connectivity index (χ2v) is 9.12. The van der Waals surface area contributed by atoms with E-state index in [4.69, 9.17) is 10.7 Å². The number of amides is 2. The molecular weight excluding hydrogens is 438 g/mol. The van der Waals surface area contributed by atoms with Crippen molar-refractivity contribution in [3.8, 4) is 0 Å². The Kier molecular flexibility index (Phi) is 7.72. The van der Waals surface area contributed by atoms with E-state index in [9.17, 15) is 4.79 Å². The number of pyridine rings is 2. The van der Waals surface area contributed by atoms with Crippen molar-refractivity contribution in [1.29, 1.82) is 0 Å². The van der Waals surface area contributed by atoms with Crippen LogP contribution in [0.2, 0.25) is 0 Å². The normalized spacial score (nSPS) is 12.0. The van der Waals surface area contributed by atoms with Gasteiger partial charge in [0.25, 0.3) is 0 Å². The Labute approximate surface area is 206 Å². The van der Waals surface area contributed by atoms with E-state index in [1.54, 1.807) is 24.3 Å². The number of fused-ring (bicyclic) bond motifs is 1. The van der Waals surface area contributed by atoms with Crippen LogP contribution in [-0.2, 0) is 12.8 Å². The van der Waals surface area contributed by atoms with Crippen LogP contribution >= 0.6 is 0 Å². The minimum Gasteiger partial charge on any atom is -0.331 e. The molecule has 0 aliphatic rings. The lowest BCUT2D eigenvalue weighted by atomic mass is 9.97. The van der Waals surface area contributed by atoms with Gasteiger partial charge in [0.15, 0.2) is 0 Å². The fourth-order valence-corrected chi connectivity index (χ4v) is 4.30. The number of aromatic nitrogens is 4. The fourth-order valence-electron chi connectivity index (χ4n) is 4.30. The molecule has 0 aliphatic carbocycles. The van der Waals surface area contributed by atoms with Crippen LogP contribution in [0.15, 0.2) is 55.1 Å². The number of nitrogens with two attached hydrogens (primary N) is 1. The number of carbonyl (C=O) groups is 1. The smallest absolute Gasteiger partial charge is 0.323 e. The Morgan fingerprint density at radius 1 is 1.11 bits per heavy atom. The average Bonchev–Trinajstić information content (AvgIpc) is 3.35. The molecule has 1 aromatic carbocycles. The molecular formula is C27H33N7O. The van der Waals surface area contributed by atoms with Crippen LogP contribution in [0.25, 0.3) is 10.8 Å². The number of anilines is 1. The highest BCUT2D eigenvalue weighted by molar-refractivity contribution is 5.88. The number of aromatic amines is 1. The third-order valence-electron chi connectivity index (χ3n) is 6.24. The Hall–Kier alpha value is -3.78. The highest BCUT2D eigenvalue weighted by Crippen LogP contribution is 2.25. The summed E-state index contributed by atoms with van der Waals surface area (Å²) in [6.07, 6.45) is 10.2. The quantitative estimate of drug-likeness (QED) is 0.335. The zero-order valence-electron chi connectivity index (χ0n) is 20.6. The maximum Gasteiger partial charge on any atom is 0.323 e. The van der Waals surface area contributed by atoms with Gasteiger partial charge < -0.3 is 15.6 Å². The van der Waals surface area contributed by atoms with Gasteiger partial charge in [-0.25, -0.2) is 9.78 Å². The number of hydrogen-bond acceptors (Lipinski definition) is 5. The van der Waals surface area contributed by atoms with Gasteiger partial charge in [-0.15, -0.1) is 0 Å². The molecule has 4 aromatic rings. The Balaban J connectivity index is 1.37. The van der Waals surface area contributed by atoms with Gasteiger partial charge in [-0.05, 0) is 48.8 Å². The molecule has 0 fully saturated rings. The van der Waals surface area contributed by atoms with Gasteiger partial charge in [-0.1, -0.05) is 30.3 Å². The molecule has 8 heteroatoms. The molecule has 35 heavy (non-hydrogen) atoms. The van der Waals surface area contributed by atoms with Gasteiger partial charge in [-0.3, -0.25) is 15.3 Å². The molecule has 4 N–H and O–H groups in total. The van der Waals surface area contributed by atoms with Gasteiger partial charge in [-0.2, -0.15) is 0 Å². The first kappa shape index (κ1) is 24.3. The van der Waals surface area contributed by atoms with E-state index >= 15 is 0 Å². The zero-order chi connectivity index (χ0) is 24.8. The maximum absolute atomic E-state index is 12.2. The number of H-pyrrole nitrogens is 1. The van der Waals surface area contributed by atoms with Gasteiger partial charge in [0.2, 0.25) is 5.95 Å². The number of aryl methyl sites for hydroxylation is 2. The zero-order valence-corrected chi connectivity index (χ0v) is 20.6.